The summed E-state index contributed by atoms with van der Waals surface area (Å²) in [6.07, 6.45) is 4.25. The first-order chi connectivity index (χ1) is 15.1. The summed E-state index contributed by atoms with van der Waals surface area (Å²) < 4.78 is 5.80. The lowest BCUT2D eigenvalue weighted by molar-refractivity contribution is 0.0908. The second kappa shape index (κ2) is 9.18. The zero-order valence-electron chi connectivity index (χ0n) is 17.2. The summed E-state index contributed by atoms with van der Waals surface area (Å²) in [5.74, 6) is 1.09. The third-order valence-corrected chi connectivity index (χ3v) is 5.64. The Balaban J connectivity index is 1.67. The van der Waals surface area contributed by atoms with Gasteiger partial charge in [-0.05, 0) is 43.6 Å². The lowest BCUT2D eigenvalue weighted by atomic mass is 10.1. The lowest BCUT2D eigenvalue weighted by Crippen LogP contribution is -2.31. The first-order valence-electron chi connectivity index (χ1n) is 9.87. The minimum Gasteiger partial charge on any atom is -0.451 e. The van der Waals surface area contributed by atoms with Crippen molar-refractivity contribution in [2.45, 2.75) is 19.4 Å². The number of fused-ring (bicyclic) bond motifs is 1. The van der Waals surface area contributed by atoms with Crippen molar-refractivity contribution in [2.24, 2.45) is 0 Å². The molecular formula is C23H22N4O3S. The van der Waals surface area contributed by atoms with Crippen LogP contribution in [0.3, 0.4) is 0 Å². The van der Waals surface area contributed by atoms with Crippen LogP contribution in [0.4, 0.5) is 0 Å². The van der Waals surface area contributed by atoms with Crippen LogP contribution in [0.15, 0.2) is 63.9 Å². The first kappa shape index (κ1) is 20.9. The quantitative estimate of drug-likeness (QED) is 0.454. The number of amides is 1. The number of thioether (sulfide) groups is 1. The van der Waals surface area contributed by atoms with Crippen LogP contribution in [-0.4, -0.2) is 32.9 Å². The predicted octanol–water partition coefficient (Wildman–Crippen LogP) is 4.11. The van der Waals surface area contributed by atoms with Gasteiger partial charge in [-0.1, -0.05) is 24.3 Å². The maximum absolute atomic E-state index is 13.1. The summed E-state index contributed by atoms with van der Waals surface area (Å²) in [6, 6.07) is 13.9. The van der Waals surface area contributed by atoms with Gasteiger partial charge in [-0.15, -0.1) is 0 Å². The molecule has 0 saturated heterocycles. The van der Waals surface area contributed by atoms with E-state index in [2.05, 4.69) is 20.3 Å². The molecule has 0 aliphatic heterocycles. The minimum absolute atomic E-state index is 0.269. The van der Waals surface area contributed by atoms with Crippen LogP contribution in [0.1, 0.15) is 34.3 Å². The van der Waals surface area contributed by atoms with Crippen molar-refractivity contribution >= 4 is 28.6 Å². The fourth-order valence-corrected chi connectivity index (χ4v) is 3.89. The Kier molecular flexibility index (Phi) is 6.18. The van der Waals surface area contributed by atoms with Crippen molar-refractivity contribution in [1.82, 2.24) is 20.3 Å². The van der Waals surface area contributed by atoms with Crippen LogP contribution in [0.2, 0.25) is 0 Å². The standard InChI is InChI=1S/C23H22N4O3S/c1-14-15-7-3-4-9-19(15)30-21(14)23(29)26-16(10-12-31-2)18-13-20(28)27-22(25-18)17-8-5-6-11-24-17/h3-9,11,13,16H,10,12H2,1-2H3,(H,26,29)(H,25,27,28)/t16-/m0/s1. The van der Waals surface area contributed by atoms with Gasteiger partial charge in [0.05, 0.1) is 11.7 Å². The molecule has 8 heteroatoms. The number of nitrogens with one attached hydrogen (secondary N) is 2. The summed E-state index contributed by atoms with van der Waals surface area (Å²) in [7, 11) is 0. The molecule has 0 unspecified atom stereocenters. The van der Waals surface area contributed by atoms with E-state index in [0.717, 1.165) is 16.7 Å². The summed E-state index contributed by atoms with van der Waals surface area (Å²) in [4.78, 5) is 37.0. The van der Waals surface area contributed by atoms with Gasteiger partial charge in [0.2, 0.25) is 0 Å². The SMILES string of the molecule is CSCC[C@H](NC(=O)c1oc2ccccc2c1C)c1cc(=O)[nH]c(-c2ccccn2)n1. The van der Waals surface area contributed by atoms with Gasteiger partial charge in [0.15, 0.2) is 11.6 Å². The molecule has 0 radical (unpaired) electrons. The summed E-state index contributed by atoms with van der Waals surface area (Å²) in [6.45, 7) is 1.86. The smallest absolute Gasteiger partial charge is 0.287 e. The highest BCUT2D eigenvalue weighted by molar-refractivity contribution is 7.98. The van der Waals surface area contributed by atoms with Crippen LogP contribution in [0.25, 0.3) is 22.5 Å². The van der Waals surface area contributed by atoms with E-state index in [1.54, 1.807) is 30.1 Å². The second-order valence-corrected chi connectivity index (χ2v) is 8.08. The van der Waals surface area contributed by atoms with E-state index in [-0.39, 0.29) is 17.2 Å². The fraction of sp³-hybridized carbons (Fsp3) is 0.217. The molecule has 31 heavy (non-hydrogen) atoms. The van der Waals surface area contributed by atoms with Crippen molar-refractivity contribution in [3.63, 3.8) is 0 Å². The van der Waals surface area contributed by atoms with E-state index >= 15 is 0 Å². The third-order valence-electron chi connectivity index (χ3n) is 4.99. The zero-order chi connectivity index (χ0) is 21.8. The van der Waals surface area contributed by atoms with Crippen LogP contribution in [0.5, 0.6) is 0 Å². The van der Waals surface area contributed by atoms with Crippen molar-refractivity contribution in [2.75, 3.05) is 12.0 Å². The third kappa shape index (κ3) is 4.54. The Labute approximate surface area is 183 Å². The monoisotopic (exact) mass is 434 g/mol. The first-order valence-corrected chi connectivity index (χ1v) is 11.3. The summed E-state index contributed by atoms with van der Waals surface area (Å²) in [5, 5.41) is 3.91. The van der Waals surface area contributed by atoms with E-state index in [9.17, 15) is 9.59 Å². The van der Waals surface area contributed by atoms with Gasteiger partial charge >= 0.3 is 0 Å². The average molecular weight is 435 g/mol. The number of aryl methyl sites for hydroxylation is 1. The van der Waals surface area contributed by atoms with E-state index in [1.165, 1.54) is 6.07 Å². The van der Waals surface area contributed by atoms with Crippen LogP contribution >= 0.6 is 11.8 Å². The van der Waals surface area contributed by atoms with Gasteiger partial charge in [-0.3, -0.25) is 14.6 Å². The molecule has 158 valence electrons. The maximum Gasteiger partial charge on any atom is 0.287 e. The largest absolute Gasteiger partial charge is 0.451 e. The Bertz CT molecular complexity index is 1270. The number of nitrogens with zero attached hydrogens (tertiary/aromatic N) is 2. The van der Waals surface area contributed by atoms with Crippen LogP contribution in [-0.2, 0) is 0 Å². The Hall–Kier alpha value is -3.39. The fourth-order valence-electron chi connectivity index (χ4n) is 3.42. The highest BCUT2D eigenvalue weighted by atomic mass is 32.2. The van der Waals surface area contributed by atoms with Crippen LogP contribution in [0, 0.1) is 6.92 Å². The van der Waals surface area contributed by atoms with Crippen LogP contribution < -0.4 is 10.9 Å². The number of H-pyrrole nitrogens is 1. The van der Waals surface area contributed by atoms with Gasteiger partial charge in [-0.25, -0.2) is 4.98 Å². The molecular weight excluding hydrogens is 412 g/mol. The number of carbonyl (C=O) groups is 1. The molecule has 0 spiro atoms. The van der Waals surface area contributed by atoms with Gasteiger partial charge < -0.3 is 14.7 Å². The molecule has 4 rings (SSSR count). The minimum atomic E-state index is -0.447. The zero-order valence-corrected chi connectivity index (χ0v) is 18.0. The number of hydrogen-bond donors (Lipinski definition) is 2. The van der Waals surface area contributed by atoms with Gasteiger partial charge in [0.1, 0.15) is 11.3 Å². The number of aromatic amines is 1. The molecule has 0 bridgehead atoms. The number of benzene rings is 1. The highest BCUT2D eigenvalue weighted by Gasteiger charge is 2.23. The molecule has 0 aliphatic rings. The molecule has 0 saturated carbocycles. The van der Waals surface area contributed by atoms with Crippen molar-refractivity contribution in [3.8, 4) is 11.5 Å². The molecule has 2 N–H and O–H groups in total. The summed E-state index contributed by atoms with van der Waals surface area (Å²) in [5.41, 5.74) is 2.20. The number of furan rings is 1. The Morgan fingerprint density at radius 3 is 2.77 bits per heavy atom. The second-order valence-electron chi connectivity index (χ2n) is 7.09. The van der Waals surface area contributed by atoms with Crippen molar-refractivity contribution in [1.29, 1.82) is 0 Å². The number of rotatable bonds is 7. The number of para-hydroxylation sites is 1. The highest BCUT2D eigenvalue weighted by Crippen LogP contribution is 2.26. The topological polar surface area (TPSA) is 101 Å². The van der Waals surface area contributed by atoms with E-state index in [1.807, 2.05) is 43.5 Å². The van der Waals surface area contributed by atoms with Crippen molar-refractivity contribution in [3.05, 3.63) is 82.1 Å². The van der Waals surface area contributed by atoms with Gasteiger partial charge in [0.25, 0.3) is 11.5 Å². The normalized spacial score (nSPS) is 12.1. The van der Waals surface area contributed by atoms with Gasteiger partial charge in [-0.2, -0.15) is 11.8 Å². The number of aromatic nitrogens is 3. The maximum atomic E-state index is 13.1. The number of carbonyl (C=O) groups excluding carboxylic acids is 1. The molecule has 7 nitrogen and oxygen atoms in total. The summed E-state index contributed by atoms with van der Waals surface area (Å²) >= 11 is 1.66. The molecule has 1 aromatic carbocycles. The average Bonchev–Trinajstić information content (AvgIpc) is 3.13. The Morgan fingerprint density at radius 1 is 1.23 bits per heavy atom. The number of hydrogen-bond acceptors (Lipinski definition) is 6. The molecule has 3 aromatic heterocycles. The predicted molar refractivity (Wildman–Crippen MR) is 122 cm³/mol. The molecule has 0 aliphatic carbocycles. The van der Waals surface area contributed by atoms with E-state index < -0.39 is 6.04 Å². The molecule has 1 amide bonds. The van der Waals surface area contributed by atoms with Crippen molar-refractivity contribution < 1.29 is 9.21 Å². The van der Waals surface area contributed by atoms with Gasteiger partial charge in [0, 0.05) is 23.2 Å². The molecule has 1 atom stereocenters. The lowest BCUT2D eigenvalue weighted by Gasteiger charge is -2.18. The van der Waals surface area contributed by atoms with E-state index in [0.29, 0.717) is 29.2 Å². The number of pyridine rings is 1. The van der Waals surface area contributed by atoms with E-state index in [4.69, 9.17) is 4.42 Å². The molecule has 4 aromatic rings. The molecule has 0 fully saturated rings. The Morgan fingerprint density at radius 2 is 2.03 bits per heavy atom. The molecule has 3 heterocycles.